The fourth-order valence-electron chi connectivity index (χ4n) is 2.55. The Kier molecular flexibility index (Phi) is 7.64. The Morgan fingerprint density at radius 3 is 2.60 bits per heavy atom. The van der Waals surface area contributed by atoms with E-state index in [9.17, 15) is 8.42 Å². The summed E-state index contributed by atoms with van der Waals surface area (Å²) in [6, 6.07) is 0. The smallest absolute Gasteiger partial charge is 0.191 e. The van der Waals surface area contributed by atoms with E-state index in [2.05, 4.69) is 32.4 Å². The highest BCUT2D eigenvalue weighted by Crippen LogP contribution is 2.16. The van der Waals surface area contributed by atoms with Gasteiger partial charge in [0.05, 0.1) is 28.8 Å². The molecule has 9 heteroatoms. The number of thiazole rings is 1. The Morgan fingerprint density at radius 2 is 2.00 bits per heavy atom. The lowest BCUT2D eigenvalue weighted by Crippen LogP contribution is -2.42. The zero-order chi connectivity index (χ0) is 18.3. The second-order valence-electron chi connectivity index (χ2n) is 6.18. The van der Waals surface area contributed by atoms with Crippen LogP contribution >= 0.6 is 11.3 Å². The number of rotatable bonds is 7. The molecule has 0 aliphatic carbocycles. The standard InChI is InChI=1S/C16H29N5O2S2/c1-4-17-16(18-6-5-15-20-13(2)14(3)24-15)19-7-8-21-9-11-25(22,23)12-10-21/h4-12H2,1-3H3,(H2,17,18,19). The first kappa shape index (κ1) is 20.1. The molecule has 1 fully saturated rings. The van der Waals surface area contributed by atoms with Crippen molar-refractivity contribution in [2.24, 2.45) is 4.99 Å². The fraction of sp³-hybridized carbons (Fsp3) is 0.750. The van der Waals surface area contributed by atoms with Gasteiger partial charge in [0.25, 0.3) is 0 Å². The molecule has 0 unspecified atom stereocenters. The van der Waals surface area contributed by atoms with Crippen LogP contribution in [0.1, 0.15) is 22.5 Å². The highest BCUT2D eigenvalue weighted by Gasteiger charge is 2.20. The minimum atomic E-state index is -2.81. The van der Waals surface area contributed by atoms with E-state index in [1.165, 1.54) is 4.88 Å². The molecule has 1 aliphatic heterocycles. The summed E-state index contributed by atoms with van der Waals surface area (Å²) < 4.78 is 22.9. The number of sulfone groups is 1. The van der Waals surface area contributed by atoms with Gasteiger partial charge in [-0.2, -0.15) is 0 Å². The fourth-order valence-corrected chi connectivity index (χ4v) is 4.76. The van der Waals surface area contributed by atoms with Crippen LogP contribution in [0, 0.1) is 13.8 Å². The lowest BCUT2D eigenvalue weighted by Gasteiger charge is -2.25. The summed E-state index contributed by atoms with van der Waals surface area (Å²) in [5.74, 6) is 1.33. The van der Waals surface area contributed by atoms with E-state index in [-0.39, 0.29) is 11.5 Å². The van der Waals surface area contributed by atoms with Gasteiger partial charge >= 0.3 is 0 Å². The number of hydrogen-bond donors (Lipinski definition) is 2. The molecule has 0 radical (unpaired) electrons. The molecule has 1 saturated heterocycles. The van der Waals surface area contributed by atoms with Crippen molar-refractivity contribution in [1.82, 2.24) is 20.5 Å². The summed E-state index contributed by atoms with van der Waals surface area (Å²) in [7, 11) is -2.81. The SMILES string of the molecule is CCNC(=NCCN1CCS(=O)(=O)CC1)NCCc1nc(C)c(C)s1. The van der Waals surface area contributed by atoms with Gasteiger partial charge in [-0.1, -0.05) is 0 Å². The maximum atomic E-state index is 11.4. The molecular formula is C16H29N5O2S2. The average Bonchev–Trinajstić information content (AvgIpc) is 2.87. The second-order valence-corrected chi connectivity index (χ2v) is 9.77. The molecule has 7 nitrogen and oxygen atoms in total. The number of hydrogen-bond acceptors (Lipinski definition) is 6. The van der Waals surface area contributed by atoms with E-state index < -0.39 is 9.84 Å². The van der Waals surface area contributed by atoms with E-state index >= 15 is 0 Å². The van der Waals surface area contributed by atoms with Gasteiger partial charge in [0.1, 0.15) is 0 Å². The van der Waals surface area contributed by atoms with E-state index in [0.717, 1.165) is 42.7 Å². The molecule has 0 saturated carbocycles. The van der Waals surface area contributed by atoms with Crippen molar-refractivity contribution in [3.8, 4) is 0 Å². The van der Waals surface area contributed by atoms with Crippen LogP contribution in [-0.2, 0) is 16.3 Å². The maximum absolute atomic E-state index is 11.4. The Balaban J connectivity index is 1.74. The number of aliphatic imine (C=N–C) groups is 1. The number of aromatic nitrogens is 1. The molecule has 1 aliphatic rings. The third-order valence-corrected chi connectivity index (χ3v) is 6.91. The largest absolute Gasteiger partial charge is 0.357 e. The van der Waals surface area contributed by atoms with Crippen LogP contribution in [0.3, 0.4) is 0 Å². The maximum Gasteiger partial charge on any atom is 0.191 e. The van der Waals surface area contributed by atoms with Crippen LogP contribution < -0.4 is 10.6 Å². The van der Waals surface area contributed by atoms with E-state index in [1.807, 2.05) is 13.8 Å². The Bertz CT molecular complexity index is 651. The second kappa shape index (κ2) is 9.49. The summed E-state index contributed by atoms with van der Waals surface area (Å²) in [5, 5.41) is 7.73. The first-order chi connectivity index (χ1) is 11.9. The zero-order valence-corrected chi connectivity index (χ0v) is 17.0. The minimum absolute atomic E-state index is 0.266. The van der Waals surface area contributed by atoms with Gasteiger partial charge in [-0.25, -0.2) is 13.4 Å². The summed E-state index contributed by atoms with van der Waals surface area (Å²) in [6.07, 6.45) is 0.883. The summed E-state index contributed by atoms with van der Waals surface area (Å²) in [6.45, 7) is 10.5. The van der Waals surface area contributed by atoms with Crippen LogP contribution in [-0.4, -0.2) is 75.0 Å². The lowest BCUT2D eigenvalue weighted by atomic mass is 10.4. The van der Waals surface area contributed by atoms with Gasteiger partial charge in [-0.05, 0) is 20.8 Å². The summed E-state index contributed by atoms with van der Waals surface area (Å²) in [5.41, 5.74) is 1.11. The zero-order valence-electron chi connectivity index (χ0n) is 15.3. The van der Waals surface area contributed by atoms with E-state index in [1.54, 1.807) is 11.3 Å². The number of aryl methyl sites for hydroxylation is 2. The van der Waals surface area contributed by atoms with Crippen LogP contribution in [0.4, 0.5) is 0 Å². The van der Waals surface area contributed by atoms with Crippen molar-refractivity contribution in [3.05, 3.63) is 15.6 Å². The molecule has 0 bridgehead atoms. The number of nitrogens with one attached hydrogen (secondary N) is 2. The Hall–Kier alpha value is -1.19. The topological polar surface area (TPSA) is 86.7 Å². The predicted octanol–water partition coefficient (Wildman–Crippen LogP) is 0.588. The molecule has 2 rings (SSSR count). The predicted molar refractivity (Wildman–Crippen MR) is 104 cm³/mol. The van der Waals surface area contributed by atoms with Gasteiger partial charge in [0.15, 0.2) is 15.8 Å². The molecule has 2 heterocycles. The highest BCUT2D eigenvalue weighted by molar-refractivity contribution is 7.91. The molecular weight excluding hydrogens is 358 g/mol. The first-order valence-corrected chi connectivity index (χ1v) is 11.4. The number of nitrogens with zero attached hydrogens (tertiary/aromatic N) is 3. The Labute approximate surface area is 154 Å². The average molecular weight is 388 g/mol. The molecule has 0 atom stereocenters. The normalized spacial score (nSPS) is 18.3. The molecule has 25 heavy (non-hydrogen) atoms. The van der Waals surface area contributed by atoms with Gasteiger partial charge in [-0.15, -0.1) is 11.3 Å². The molecule has 0 spiro atoms. The minimum Gasteiger partial charge on any atom is -0.357 e. The molecule has 0 amide bonds. The monoisotopic (exact) mass is 387 g/mol. The van der Waals surface area contributed by atoms with Gasteiger partial charge in [0, 0.05) is 44.0 Å². The summed E-state index contributed by atoms with van der Waals surface area (Å²) >= 11 is 1.75. The molecule has 1 aromatic heterocycles. The van der Waals surface area contributed by atoms with Gasteiger partial charge in [-0.3, -0.25) is 9.89 Å². The van der Waals surface area contributed by atoms with Crippen molar-refractivity contribution >= 4 is 27.1 Å². The van der Waals surface area contributed by atoms with Gasteiger partial charge < -0.3 is 10.6 Å². The van der Waals surface area contributed by atoms with Crippen molar-refractivity contribution < 1.29 is 8.42 Å². The van der Waals surface area contributed by atoms with E-state index in [4.69, 9.17) is 0 Å². The van der Waals surface area contributed by atoms with Crippen molar-refractivity contribution in [3.63, 3.8) is 0 Å². The number of guanidine groups is 1. The van der Waals surface area contributed by atoms with Crippen molar-refractivity contribution in [2.45, 2.75) is 27.2 Å². The van der Waals surface area contributed by atoms with Crippen LogP contribution in [0.25, 0.3) is 0 Å². The molecule has 1 aromatic rings. The van der Waals surface area contributed by atoms with Crippen molar-refractivity contribution in [1.29, 1.82) is 0 Å². The molecule has 2 N–H and O–H groups in total. The quantitative estimate of drug-likeness (QED) is 0.526. The Morgan fingerprint density at radius 1 is 1.28 bits per heavy atom. The third-order valence-electron chi connectivity index (χ3n) is 4.17. The highest BCUT2D eigenvalue weighted by atomic mass is 32.2. The molecule has 0 aromatic carbocycles. The third kappa shape index (κ3) is 6.91. The van der Waals surface area contributed by atoms with Crippen LogP contribution in [0.2, 0.25) is 0 Å². The summed E-state index contributed by atoms with van der Waals surface area (Å²) in [4.78, 5) is 12.6. The van der Waals surface area contributed by atoms with Crippen LogP contribution in [0.5, 0.6) is 0 Å². The van der Waals surface area contributed by atoms with E-state index in [0.29, 0.717) is 19.6 Å². The lowest BCUT2D eigenvalue weighted by molar-refractivity contribution is 0.304. The first-order valence-electron chi connectivity index (χ1n) is 8.77. The van der Waals surface area contributed by atoms with Gasteiger partial charge in [0.2, 0.25) is 0 Å². The van der Waals surface area contributed by atoms with Crippen molar-refractivity contribution in [2.75, 3.05) is 50.8 Å². The van der Waals surface area contributed by atoms with Crippen LogP contribution in [0.15, 0.2) is 4.99 Å². The molecule has 142 valence electrons.